The molecule has 1 aliphatic heterocycles. The zero-order chi connectivity index (χ0) is 23.7. The summed E-state index contributed by atoms with van der Waals surface area (Å²) in [6.07, 6.45) is 1.41. The lowest BCUT2D eigenvalue weighted by Crippen LogP contribution is -2.39. The summed E-state index contributed by atoms with van der Waals surface area (Å²) in [6.45, 7) is 3.19. The van der Waals surface area contributed by atoms with Crippen molar-refractivity contribution >= 4 is 33.3 Å². The van der Waals surface area contributed by atoms with E-state index in [4.69, 9.17) is 4.74 Å². The van der Waals surface area contributed by atoms with E-state index in [1.807, 2.05) is 39.9 Å². The molecule has 0 atom stereocenters. The molecule has 174 valence electrons. The largest absolute Gasteiger partial charge is 0.461 e. The Bertz CT molecular complexity index is 1300. The first-order chi connectivity index (χ1) is 16.5. The number of carbonyl (C=O) groups is 2. The third-order valence-electron chi connectivity index (χ3n) is 6.09. The van der Waals surface area contributed by atoms with Crippen LogP contribution in [0.25, 0.3) is 21.3 Å². The number of carbonyl (C=O) groups excluding carboxylic acids is 2. The number of nitrogens with zero attached hydrogens (tertiary/aromatic N) is 3. The van der Waals surface area contributed by atoms with Gasteiger partial charge >= 0.3 is 5.97 Å². The fourth-order valence-electron chi connectivity index (χ4n) is 4.37. The molecular formula is C26H24FN3O3S. The van der Waals surface area contributed by atoms with Gasteiger partial charge in [0.2, 0.25) is 0 Å². The zero-order valence-electron chi connectivity index (χ0n) is 18.7. The number of amides is 1. The molecule has 1 aliphatic rings. The van der Waals surface area contributed by atoms with Gasteiger partial charge in [0.05, 0.1) is 23.2 Å². The van der Waals surface area contributed by atoms with E-state index in [-0.39, 0.29) is 30.1 Å². The minimum absolute atomic E-state index is 0.00897. The number of hydrogen-bond acceptors (Lipinski definition) is 5. The molecule has 0 spiro atoms. The number of likely N-dealkylation sites (tertiary alicyclic amines) is 1. The monoisotopic (exact) mass is 477 g/mol. The number of aromatic nitrogens is 2. The molecule has 0 unspecified atom stereocenters. The first-order valence-corrected chi connectivity index (χ1v) is 12.2. The quantitative estimate of drug-likeness (QED) is 0.353. The Morgan fingerprint density at radius 1 is 1.09 bits per heavy atom. The second-order valence-electron chi connectivity index (χ2n) is 8.26. The summed E-state index contributed by atoms with van der Waals surface area (Å²) in [6, 6.07) is 17.8. The van der Waals surface area contributed by atoms with Gasteiger partial charge in [0.25, 0.3) is 5.91 Å². The molecule has 2 aromatic carbocycles. The highest BCUT2D eigenvalue weighted by molar-refractivity contribution is 7.20. The molecule has 8 heteroatoms. The second kappa shape index (κ2) is 9.38. The maximum absolute atomic E-state index is 13.5. The molecule has 4 aromatic rings. The number of fused-ring (bicyclic) bond motifs is 1. The SMILES string of the molecule is CCOC(=O)c1cc(-c2ccc(F)cc2)n(C2CCN(C(=O)c3cc4ccccc4s3)CC2)n1. The maximum atomic E-state index is 13.5. The Labute approximate surface area is 200 Å². The molecule has 6 nitrogen and oxygen atoms in total. The molecule has 1 fully saturated rings. The van der Waals surface area contributed by atoms with E-state index in [1.165, 1.54) is 23.5 Å². The molecule has 5 rings (SSSR count). The molecule has 0 aliphatic carbocycles. The Morgan fingerprint density at radius 3 is 2.53 bits per heavy atom. The van der Waals surface area contributed by atoms with Gasteiger partial charge in [-0.05, 0) is 67.6 Å². The molecule has 0 N–H and O–H groups in total. The van der Waals surface area contributed by atoms with Crippen molar-refractivity contribution in [3.05, 3.63) is 77.1 Å². The van der Waals surface area contributed by atoms with Crippen molar-refractivity contribution < 1.29 is 18.7 Å². The van der Waals surface area contributed by atoms with Crippen LogP contribution in [-0.2, 0) is 4.74 Å². The van der Waals surface area contributed by atoms with Crippen LogP contribution in [0.1, 0.15) is 46.0 Å². The van der Waals surface area contributed by atoms with Gasteiger partial charge in [-0.25, -0.2) is 9.18 Å². The van der Waals surface area contributed by atoms with E-state index in [0.717, 1.165) is 26.2 Å². The van der Waals surface area contributed by atoms with Crippen molar-refractivity contribution in [3.63, 3.8) is 0 Å². The predicted octanol–water partition coefficient (Wildman–Crippen LogP) is 5.56. The Kier molecular flexibility index (Phi) is 6.15. The maximum Gasteiger partial charge on any atom is 0.358 e. The van der Waals surface area contributed by atoms with Crippen molar-refractivity contribution in [2.75, 3.05) is 19.7 Å². The normalized spacial score (nSPS) is 14.5. The van der Waals surface area contributed by atoms with E-state index in [2.05, 4.69) is 5.10 Å². The van der Waals surface area contributed by atoms with Crippen molar-refractivity contribution in [1.82, 2.24) is 14.7 Å². The first kappa shape index (κ1) is 22.3. The van der Waals surface area contributed by atoms with E-state index in [0.29, 0.717) is 25.9 Å². The lowest BCUT2D eigenvalue weighted by molar-refractivity contribution is 0.0517. The average Bonchev–Trinajstić information content (AvgIpc) is 3.49. The van der Waals surface area contributed by atoms with Crippen LogP contribution in [0.5, 0.6) is 0 Å². The summed E-state index contributed by atoms with van der Waals surface area (Å²) in [7, 11) is 0. The van der Waals surface area contributed by atoms with Gasteiger partial charge < -0.3 is 9.64 Å². The summed E-state index contributed by atoms with van der Waals surface area (Å²) in [5.41, 5.74) is 1.73. The lowest BCUT2D eigenvalue weighted by Gasteiger charge is -2.32. The molecule has 3 heterocycles. The number of benzene rings is 2. The lowest BCUT2D eigenvalue weighted by atomic mass is 10.0. The zero-order valence-corrected chi connectivity index (χ0v) is 19.6. The van der Waals surface area contributed by atoms with Gasteiger partial charge in [-0.2, -0.15) is 5.10 Å². The highest BCUT2D eigenvalue weighted by atomic mass is 32.1. The van der Waals surface area contributed by atoms with Crippen LogP contribution in [0.15, 0.2) is 60.7 Å². The first-order valence-electron chi connectivity index (χ1n) is 11.3. The molecule has 0 bridgehead atoms. The third kappa shape index (κ3) is 4.33. The van der Waals surface area contributed by atoms with Crippen LogP contribution in [0.2, 0.25) is 0 Å². The minimum atomic E-state index is -0.484. The van der Waals surface area contributed by atoms with Crippen molar-refractivity contribution in [1.29, 1.82) is 0 Å². The number of halogens is 1. The standard InChI is InChI=1S/C26H24FN3O3S/c1-2-33-26(32)21-16-22(17-7-9-19(27)10-8-17)30(28-21)20-11-13-29(14-12-20)25(31)24-15-18-5-3-4-6-23(18)34-24/h3-10,15-16,20H,2,11-14H2,1H3. The van der Waals surface area contributed by atoms with Crippen molar-refractivity contribution in [2.24, 2.45) is 0 Å². The molecule has 2 aromatic heterocycles. The Morgan fingerprint density at radius 2 is 1.82 bits per heavy atom. The minimum Gasteiger partial charge on any atom is -0.461 e. The van der Waals surface area contributed by atoms with Crippen molar-refractivity contribution in [3.8, 4) is 11.3 Å². The van der Waals surface area contributed by atoms with Crippen LogP contribution >= 0.6 is 11.3 Å². The van der Waals surface area contributed by atoms with Gasteiger partial charge in [-0.15, -0.1) is 11.3 Å². The number of hydrogen-bond donors (Lipinski definition) is 0. The van der Waals surface area contributed by atoms with Crippen LogP contribution in [0.3, 0.4) is 0 Å². The number of piperidine rings is 1. The summed E-state index contributed by atoms with van der Waals surface area (Å²) in [5, 5.41) is 5.64. The molecule has 0 radical (unpaired) electrons. The highest BCUT2D eigenvalue weighted by Gasteiger charge is 2.28. The fourth-order valence-corrected chi connectivity index (χ4v) is 5.40. The van der Waals surface area contributed by atoms with Gasteiger partial charge in [-0.3, -0.25) is 9.48 Å². The average molecular weight is 478 g/mol. The molecular weight excluding hydrogens is 453 g/mol. The molecule has 34 heavy (non-hydrogen) atoms. The highest BCUT2D eigenvalue weighted by Crippen LogP contribution is 2.32. The summed E-state index contributed by atoms with van der Waals surface area (Å²) < 4.78 is 21.6. The van der Waals surface area contributed by atoms with Crippen molar-refractivity contribution in [2.45, 2.75) is 25.8 Å². The summed E-state index contributed by atoms with van der Waals surface area (Å²) >= 11 is 1.52. The number of esters is 1. The van der Waals surface area contributed by atoms with E-state index >= 15 is 0 Å². The van der Waals surface area contributed by atoms with Crippen LogP contribution in [0, 0.1) is 5.82 Å². The van der Waals surface area contributed by atoms with Crippen LogP contribution < -0.4 is 0 Å². The molecule has 1 amide bonds. The third-order valence-corrected chi connectivity index (χ3v) is 7.20. The molecule has 0 saturated carbocycles. The van der Waals surface area contributed by atoms with Crippen LogP contribution in [-0.4, -0.2) is 46.3 Å². The topological polar surface area (TPSA) is 64.4 Å². The van der Waals surface area contributed by atoms with Gasteiger partial charge in [0.1, 0.15) is 5.82 Å². The van der Waals surface area contributed by atoms with E-state index < -0.39 is 5.97 Å². The summed E-state index contributed by atoms with van der Waals surface area (Å²) in [4.78, 5) is 28.1. The van der Waals surface area contributed by atoms with Crippen LogP contribution in [0.4, 0.5) is 4.39 Å². The predicted molar refractivity (Wildman–Crippen MR) is 130 cm³/mol. The number of thiophene rings is 1. The van der Waals surface area contributed by atoms with E-state index in [9.17, 15) is 14.0 Å². The Hall–Kier alpha value is -3.52. The van der Waals surface area contributed by atoms with Gasteiger partial charge in [0, 0.05) is 23.4 Å². The van der Waals surface area contributed by atoms with Gasteiger partial charge in [-0.1, -0.05) is 18.2 Å². The summed E-state index contributed by atoms with van der Waals surface area (Å²) in [5.74, 6) is -0.762. The fraction of sp³-hybridized carbons (Fsp3) is 0.269. The van der Waals surface area contributed by atoms with E-state index in [1.54, 1.807) is 25.1 Å². The Balaban J connectivity index is 1.36. The second-order valence-corrected chi connectivity index (χ2v) is 9.34. The number of ether oxygens (including phenoxy) is 1. The molecule has 1 saturated heterocycles. The number of rotatable bonds is 5. The smallest absolute Gasteiger partial charge is 0.358 e. The van der Waals surface area contributed by atoms with Gasteiger partial charge in [0.15, 0.2) is 5.69 Å².